The second-order valence-corrected chi connectivity index (χ2v) is 18.9. The van der Waals surface area contributed by atoms with E-state index in [9.17, 15) is 0 Å². The molecule has 0 aromatic heterocycles. The van der Waals surface area contributed by atoms with Crippen LogP contribution in [-0.2, 0) is 0 Å². The summed E-state index contributed by atoms with van der Waals surface area (Å²) in [7, 11) is -1.50. The van der Waals surface area contributed by atoms with Crippen molar-refractivity contribution in [2.45, 2.75) is 108 Å². The van der Waals surface area contributed by atoms with Gasteiger partial charge in [-0.2, -0.15) is 0 Å². The Bertz CT molecular complexity index is 825. The SMILES string of the molecule is CC(C)[Si](C)(C)c1cccc(-c2ccccc2P(C2CCCCC2)C2CCCCC2)c1. The first-order valence-electron chi connectivity index (χ1n) is 13.0. The third-order valence-electron chi connectivity index (χ3n) is 8.48. The smallest absolute Gasteiger partial charge is 0.0683 e. The van der Waals surface area contributed by atoms with Gasteiger partial charge in [-0.15, -0.1) is 0 Å². The molecule has 168 valence electrons. The van der Waals surface area contributed by atoms with Crippen LogP contribution in [-0.4, -0.2) is 19.4 Å². The Kier molecular flexibility index (Phi) is 7.76. The van der Waals surface area contributed by atoms with Crippen molar-refractivity contribution in [2.24, 2.45) is 0 Å². The fourth-order valence-electron chi connectivity index (χ4n) is 5.77. The Morgan fingerprint density at radius 2 is 1.32 bits per heavy atom. The quantitative estimate of drug-likeness (QED) is 0.306. The van der Waals surface area contributed by atoms with E-state index in [2.05, 4.69) is 75.5 Å². The first-order valence-corrected chi connectivity index (χ1v) is 17.5. The summed E-state index contributed by atoms with van der Waals surface area (Å²) in [5, 5.41) is 3.35. The standard InChI is InChI=1S/C29H43PSi/c1-23(2)31(3,4)27-19-13-14-24(22-27)28-20-11-12-21-29(28)30(25-15-7-5-8-16-25)26-17-9-6-10-18-26/h11-14,19-23,25-26H,5-10,15-18H2,1-4H3. The Morgan fingerprint density at radius 3 is 1.90 bits per heavy atom. The molecule has 0 bridgehead atoms. The zero-order valence-corrected chi connectivity index (χ0v) is 22.3. The van der Waals surface area contributed by atoms with Crippen molar-refractivity contribution in [1.82, 2.24) is 0 Å². The van der Waals surface area contributed by atoms with Crippen LogP contribution < -0.4 is 10.5 Å². The average Bonchev–Trinajstić information content (AvgIpc) is 2.81. The maximum Gasteiger partial charge on any atom is 0.0831 e. The molecule has 0 atom stereocenters. The maximum atomic E-state index is 2.57. The van der Waals surface area contributed by atoms with E-state index in [1.54, 1.807) is 16.1 Å². The van der Waals surface area contributed by atoms with Crippen molar-refractivity contribution in [3.8, 4) is 11.1 Å². The van der Waals surface area contributed by atoms with E-state index in [1.807, 2.05) is 0 Å². The summed E-state index contributed by atoms with van der Waals surface area (Å²) in [6.45, 7) is 9.91. The van der Waals surface area contributed by atoms with Crippen molar-refractivity contribution in [2.75, 3.05) is 0 Å². The lowest BCUT2D eigenvalue weighted by atomic mass is 9.99. The average molecular weight is 451 g/mol. The van der Waals surface area contributed by atoms with Crippen LogP contribution in [0.2, 0.25) is 18.6 Å². The van der Waals surface area contributed by atoms with Crippen molar-refractivity contribution in [3.05, 3.63) is 48.5 Å². The molecule has 2 heteroatoms. The van der Waals surface area contributed by atoms with Crippen LogP contribution in [0.1, 0.15) is 78.1 Å². The van der Waals surface area contributed by atoms with Crippen LogP contribution in [0.5, 0.6) is 0 Å². The van der Waals surface area contributed by atoms with Crippen LogP contribution in [0.4, 0.5) is 0 Å². The van der Waals surface area contributed by atoms with E-state index in [0.717, 1.165) is 16.9 Å². The maximum absolute atomic E-state index is 2.57. The molecule has 2 saturated carbocycles. The largest absolute Gasteiger partial charge is 0.0831 e. The van der Waals surface area contributed by atoms with Crippen LogP contribution in [0.15, 0.2) is 48.5 Å². The van der Waals surface area contributed by atoms with Gasteiger partial charge in [-0.3, -0.25) is 0 Å². The third-order valence-corrected chi connectivity index (χ3v) is 16.7. The van der Waals surface area contributed by atoms with Crippen molar-refractivity contribution in [1.29, 1.82) is 0 Å². The van der Waals surface area contributed by atoms with Gasteiger partial charge in [0.25, 0.3) is 0 Å². The summed E-state index contributed by atoms with van der Waals surface area (Å²) in [6.07, 6.45) is 14.7. The molecule has 2 aromatic carbocycles. The monoisotopic (exact) mass is 450 g/mol. The lowest BCUT2D eigenvalue weighted by Crippen LogP contribution is -2.44. The highest BCUT2D eigenvalue weighted by Gasteiger charge is 2.34. The molecule has 2 fully saturated rings. The number of benzene rings is 2. The van der Waals surface area contributed by atoms with Gasteiger partial charge in [0.05, 0.1) is 8.07 Å². The van der Waals surface area contributed by atoms with Gasteiger partial charge in [-0.1, -0.05) is 127 Å². The molecule has 0 spiro atoms. The van der Waals surface area contributed by atoms with E-state index >= 15 is 0 Å². The molecule has 31 heavy (non-hydrogen) atoms. The van der Waals surface area contributed by atoms with Gasteiger partial charge < -0.3 is 0 Å². The predicted molar refractivity (Wildman–Crippen MR) is 144 cm³/mol. The topological polar surface area (TPSA) is 0 Å². The molecule has 0 saturated heterocycles. The number of rotatable bonds is 6. The van der Waals surface area contributed by atoms with Crippen LogP contribution in [0.25, 0.3) is 11.1 Å². The van der Waals surface area contributed by atoms with Gasteiger partial charge in [0, 0.05) is 0 Å². The van der Waals surface area contributed by atoms with E-state index in [1.165, 1.54) is 69.8 Å². The molecule has 4 rings (SSSR count). The van der Waals surface area contributed by atoms with Gasteiger partial charge >= 0.3 is 0 Å². The fourth-order valence-corrected chi connectivity index (χ4v) is 11.5. The summed E-state index contributed by atoms with van der Waals surface area (Å²) in [6, 6.07) is 19.3. The van der Waals surface area contributed by atoms with E-state index < -0.39 is 8.07 Å². The highest BCUT2D eigenvalue weighted by molar-refractivity contribution is 7.67. The number of hydrogen-bond acceptors (Lipinski definition) is 0. The zero-order valence-electron chi connectivity index (χ0n) is 20.4. The molecule has 2 aliphatic carbocycles. The Hall–Kier alpha value is -0.913. The van der Waals surface area contributed by atoms with Gasteiger partial charge in [-0.05, 0) is 59.0 Å². The second kappa shape index (κ2) is 10.3. The fraction of sp³-hybridized carbons (Fsp3) is 0.586. The summed E-state index contributed by atoms with van der Waals surface area (Å²) >= 11 is 0. The number of hydrogen-bond donors (Lipinski definition) is 0. The molecular weight excluding hydrogens is 407 g/mol. The summed E-state index contributed by atoms with van der Waals surface area (Å²) < 4.78 is 0. The summed E-state index contributed by atoms with van der Waals surface area (Å²) in [4.78, 5) is 0. The highest BCUT2D eigenvalue weighted by Crippen LogP contribution is 2.56. The lowest BCUT2D eigenvalue weighted by Gasteiger charge is -2.39. The Labute approximate surface area is 194 Å². The first-order chi connectivity index (χ1) is 15.0. The van der Waals surface area contributed by atoms with Crippen LogP contribution >= 0.6 is 7.92 Å². The van der Waals surface area contributed by atoms with Crippen molar-refractivity contribution < 1.29 is 0 Å². The van der Waals surface area contributed by atoms with Gasteiger partial charge in [0.15, 0.2) is 0 Å². The normalized spacial score (nSPS) is 19.3. The summed E-state index contributed by atoms with van der Waals surface area (Å²) in [5.74, 6) is 0. The predicted octanol–water partition coefficient (Wildman–Crippen LogP) is 8.45. The van der Waals surface area contributed by atoms with Crippen molar-refractivity contribution in [3.63, 3.8) is 0 Å². The molecule has 0 radical (unpaired) electrons. The van der Waals surface area contributed by atoms with Gasteiger partial charge in [0.1, 0.15) is 0 Å². The zero-order chi connectivity index (χ0) is 21.8. The minimum absolute atomic E-state index is 0.0754. The summed E-state index contributed by atoms with van der Waals surface area (Å²) in [5.41, 5.74) is 5.71. The molecule has 0 aliphatic heterocycles. The lowest BCUT2D eigenvalue weighted by molar-refractivity contribution is 0.487. The van der Waals surface area contributed by atoms with E-state index in [-0.39, 0.29) is 7.92 Å². The van der Waals surface area contributed by atoms with Crippen molar-refractivity contribution >= 4 is 26.5 Å². The van der Waals surface area contributed by atoms with Gasteiger partial charge in [0.2, 0.25) is 0 Å². The Balaban J connectivity index is 1.76. The molecule has 0 amide bonds. The molecule has 0 N–H and O–H groups in total. The van der Waals surface area contributed by atoms with Crippen LogP contribution in [0, 0.1) is 0 Å². The minimum atomic E-state index is -1.42. The van der Waals surface area contributed by atoms with E-state index in [4.69, 9.17) is 0 Å². The van der Waals surface area contributed by atoms with Crippen LogP contribution in [0.3, 0.4) is 0 Å². The molecule has 0 nitrogen and oxygen atoms in total. The molecule has 0 unspecified atom stereocenters. The van der Waals surface area contributed by atoms with Gasteiger partial charge in [-0.25, -0.2) is 0 Å². The Morgan fingerprint density at radius 1 is 0.742 bits per heavy atom. The third kappa shape index (κ3) is 5.20. The minimum Gasteiger partial charge on any atom is -0.0683 e. The highest BCUT2D eigenvalue weighted by atomic mass is 31.1. The van der Waals surface area contributed by atoms with E-state index in [0.29, 0.717) is 0 Å². The molecule has 0 heterocycles. The molecule has 2 aliphatic rings. The molecular formula is C29H43PSi. The second-order valence-electron chi connectivity index (χ2n) is 11.0. The first kappa shape index (κ1) is 23.3. The molecule has 2 aromatic rings.